The molecular formula is C90H80Cl2O4Si2Zr. The fourth-order valence-corrected chi connectivity index (χ4v) is 149. The molecule has 5 spiro atoms. The normalized spacial score (nSPS) is 30.3. The third-order valence-corrected chi connectivity index (χ3v) is 112. The standard InChI is InChI=1S/2C45H40O2Si.2ClH.Zr/c2*1-28-26-38-34(42-32-16-8-6-14-30(32)22-24-40(42)46-3)18-10-12-20-36(38)44(28)48(5)45-29(2)27-39-35(19-11-13-21-37(39)45)43-33-17-9-7-15-31(33)23-25-41(43)47-4;;;/h2*6-27,34-35,48H,1-5H3;2*1H;/q;;;;+2/p-2. The van der Waals surface area contributed by atoms with Gasteiger partial charge in [-0.15, -0.1) is 0 Å². The zero-order valence-corrected chi connectivity index (χ0v) is 64.0. The molecule has 2 heterocycles. The summed E-state index contributed by atoms with van der Waals surface area (Å²) < 4.78 is 22.9. The molecule has 4 nitrogen and oxygen atoms in total. The SMILES string of the molecule is COc1ccc2ccccc2c1C1C=CC=CC2=C1C=C(C)[C]21[SiH](C)[C]2(C(C)=CC3=C2C=CC=CC3c2c(OC)ccc3ccccc23)[Zr]12([Cl])([Cl])[C]1(C(C)=CC3=C1C=CC=CC3c1c(OC)ccc3ccccc13)[SiH](C)[C]21C(C)=CC2=C1C=CC=CC2c1c(OC)ccc2ccccc12. The molecule has 8 aliphatic carbocycles. The molecule has 2 saturated heterocycles. The van der Waals surface area contributed by atoms with E-state index in [2.05, 4.69) is 308 Å². The molecule has 0 bridgehead atoms. The van der Waals surface area contributed by atoms with Crippen LogP contribution in [0.4, 0.5) is 0 Å². The van der Waals surface area contributed by atoms with E-state index in [0.717, 1.165) is 45.3 Å². The van der Waals surface area contributed by atoms with Gasteiger partial charge in [0.25, 0.3) is 0 Å². The van der Waals surface area contributed by atoms with E-state index < -0.39 is 43.5 Å². The van der Waals surface area contributed by atoms with Crippen molar-refractivity contribution in [2.24, 2.45) is 0 Å². The Morgan fingerprint density at radius 1 is 0.313 bits per heavy atom. The van der Waals surface area contributed by atoms with Crippen LogP contribution in [0.5, 0.6) is 23.0 Å². The van der Waals surface area contributed by atoms with Crippen LogP contribution >= 0.6 is 17.0 Å². The molecule has 10 aliphatic rings. The summed E-state index contributed by atoms with van der Waals surface area (Å²) in [5, 5.41) is 9.34. The molecule has 0 amide bonds. The first kappa shape index (κ1) is 63.0. The van der Waals surface area contributed by atoms with Gasteiger partial charge in [-0.3, -0.25) is 0 Å². The average molecular weight is 1440 g/mol. The summed E-state index contributed by atoms with van der Waals surface area (Å²) in [6.45, 7) is 15.4. The molecule has 0 radical (unpaired) electrons. The molecule has 2 fully saturated rings. The van der Waals surface area contributed by atoms with Crippen molar-refractivity contribution in [1.82, 2.24) is 0 Å². The molecule has 9 heteroatoms. The van der Waals surface area contributed by atoms with Gasteiger partial charge in [-0.1, -0.05) is 0 Å². The van der Waals surface area contributed by atoms with E-state index in [1.807, 2.05) is 28.4 Å². The van der Waals surface area contributed by atoms with Crippen LogP contribution in [0.25, 0.3) is 43.1 Å². The Balaban J connectivity index is 1.06. The molecule has 8 aromatic carbocycles. The topological polar surface area (TPSA) is 36.9 Å². The van der Waals surface area contributed by atoms with E-state index in [9.17, 15) is 17.0 Å². The summed E-state index contributed by atoms with van der Waals surface area (Å²) in [5.74, 6) is 2.52. The molecule has 2 aliphatic heterocycles. The third kappa shape index (κ3) is 6.76. The number of fused-ring (bicyclic) bond motifs is 12. The summed E-state index contributed by atoms with van der Waals surface area (Å²) in [7, 11) is 25.2. The molecule has 8 atom stereocenters. The van der Waals surface area contributed by atoms with Crippen molar-refractivity contribution in [2.45, 2.75) is 75.4 Å². The minimum atomic E-state index is -7.96. The fourth-order valence-electron chi connectivity index (χ4n) is 24.8. The van der Waals surface area contributed by atoms with Crippen LogP contribution in [0.2, 0.25) is 24.1 Å². The molecule has 0 N–H and O–H groups in total. The number of halogens is 2. The summed E-state index contributed by atoms with van der Waals surface area (Å²) in [6.07, 6.45) is 48.8. The third-order valence-electron chi connectivity index (χ3n) is 27.0. The van der Waals surface area contributed by atoms with Crippen molar-refractivity contribution in [3.63, 3.8) is 0 Å². The van der Waals surface area contributed by atoms with Crippen LogP contribution in [0.3, 0.4) is 0 Å². The van der Waals surface area contributed by atoms with Gasteiger partial charge in [0.15, 0.2) is 0 Å². The molecule has 99 heavy (non-hydrogen) atoms. The van der Waals surface area contributed by atoms with Gasteiger partial charge in [0.1, 0.15) is 0 Å². The van der Waals surface area contributed by atoms with Crippen molar-refractivity contribution >= 4 is 77.7 Å². The van der Waals surface area contributed by atoms with Gasteiger partial charge in [-0.2, -0.15) is 0 Å². The zero-order valence-electron chi connectivity index (χ0n) is 57.8. The average Bonchev–Trinajstić information content (AvgIpc) is 1.52. The minimum absolute atomic E-state index is 0.229. The monoisotopic (exact) mass is 1440 g/mol. The molecule has 18 rings (SSSR count). The first-order valence-corrected chi connectivity index (χ1v) is 51.1. The summed E-state index contributed by atoms with van der Waals surface area (Å²) >= 11 is -7.96. The second kappa shape index (κ2) is 21.6. The van der Waals surface area contributed by atoms with Gasteiger partial charge < -0.3 is 0 Å². The number of ether oxygens (including phenoxy) is 4. The number of allylic oxidation sites excluding steroid dienone is 32. The van der Waals surface area contributed by atoms with E-state index in [4.69, 9.17) is 18.9 Å². The summed E-state index contributed by atoms with van der Waals surface area (Å²) in [6, 6.07) is 52.9. The van der Waals surface area contributed by atoms with Gasteiger partial charge in [0, 0.05) is 0 Å². The first-order valence-electron chi connectivity index (χ1n) is 35.2. The van der Waals surface area contributed by atoms with Crippen LogP contribution in [0.1, 0.15) is 73.6 Å². The van der Waals surface area contributed by atoms with E-state index in [1.54, 1.807) is 0 Å². The molecule has 0 aromatic heterocycles. The number of hydrogen-bond acceptors (Lipinski definition) is 4. The fraction of sp³-hybridized carbons (Fsp3) is 0.200. The van der Waals surface area contributed by atoms with Crippen molar-refractivity contribution in [3.05, 3.63) is 356 Å². The summed E-state index contributed by atoms with van der Waals surface area (Å²) in [4.78, 5) is 0. The molecule has 490 valence electrons. The van der Waals surface area contributed by atoms with Gasteiger partial charge in [-0.05, 0) is 0 Å². The quantitative estimate of drug-likeness (QED) is 0.142. The maximum absolute atomic E-state index is 11.7. The first-order chi connectivity index (χ1) is 48.1. The Morgan fingerprint density at radius 2 is 0.535 bits per heavy atom. The van der Waals surface area contributed by atoms with Crippen molar-refractivity contribution in [2.75, 3.05) is 28.4 Å². The van der Waals surface area contributed by atoms with E-state index in [1.165, 1.54) is 110 Å². The van der Waals surface area contributed by atoms with Crippen molar-refractivity contribution in [3.8, 4) is 23.0 Å². The second-order valence-corrected chi connectivity index (χ2v) is 69.4. The molecule has 0 saturated carbocycles. The number of benzene rings is 8. The van der Waals surface area contributed by atoms with E-state index >= 15 is 0 Å². The van der Waals surface area contributed by atoms with Gasteiger partial charge in [0.2, 0.25) is 0 Å². The van der Waals surface area contributed by atoms with Crippen LogP contribution < -0.4 is 18.9 Å². The Hall–Kier alpha value is -8.26. The van der Waals surface area contributed by atoms with Gasteiger partial charge in [0.05, 0.1) is 0 Å². The zero-order chi connectivity index (χ0) is 68.0. The van der Waals surface area contributed by atoms with Crippen LogP contribution in [0, 0.1) is 0 Å². The van der Waals surface area contributed by atoms with Gasteiger partial charge >= 0.3 is 595 Å². The summed E-state index contributed by atoms with van der Waals surface area (Å²) in [5.41, 5.74) is 19.9. The predicted octanol–water partition coefficient (Wildman–Crippen LogP) is 23.4. The number of methoxy groups -OCH3 is 4. The Morgan fingerprint density at radius 3 is 0.758 bits per heavy atom. The second-order valence-electron chi connectivity index (χ2n) is 29.5. The predicted molar refractivity (Wildman–Crippen MR) is 418 cm³/mol. The maximum atomic E-state index is 11.7. The molecular weight excluding hydrogens is 1360 g/mol. The van der Waals surface area contributed by atoms with Crippen molar-refractivity contribution < 1.29 is 33.9 Å². The van der Waals surface area contributed by atoms with Crippen LogP contribution in [0.15, 0.2) is 334 Å². The van der Waals surface area contributed by atoms with E-state index in [-0.39, 0.29) is 23.7 Å². The molecule has 8 aromatic rings. The van der Waals surface area contributed by atoms with Crippen LogP contribution in [-0.4, -0.2) is 46.0 Å². The number of hydrogen-bond donors (Lipinski definition) is 0. The Bertz CT molecular complexity index is 4930. The van der Waals surface area contributed by atoms with E-state index in [0.29, 0.717) is 0 Å². The van der Waals surface area contributed by atoms with Gasteiger partial charge in [-0.25, -0.2) is 0 Å². The van der Waals surface area contributed by atoms with Crippen LogP contribution in [-0.2, 0) is 14.9 Å². The molecule has 8 unspecified atom stereocenters. The van der Waals surface area contributed by atoms with Crippen molar-refractivity contribution in [1.29, 1.82) is 0 Å². The number of rotatable bonds is 8. The Labute approximate surface area is 589 Å². The Kier molecular flexibility index (Phi) is 13.8.